The molecule has 0 spiro atoms. The van der Waals surface area contributed by atoms with Crippen LogP contribution in [-0.4, -0.2) is 16.4 Å². The van der Waals surface area contributed by atoms with Gasteiger partial charge in [-0.2, -0.15) is 5.10 Å². The molecule has 120 valence electrons. The Kier molecular flexibility index (Phi) is 4.98. The molecule has 0 heterocycles. The van der Waals surface area contributed by atoms with E-state index in [1.54, 1.807) is 12.3 Å². The topological polar surface area (TPSA) is 56.7 Å². The second kappa shape index (κ2) is 7.33. The zero-order chi connectivity index (χ0) is 16.9. The van der Waals surface area contributed by atoms with Gasteiger partial charge in [0.2, 0.25) is 0 Å². The molecule has 6 heteroatoms. The van der Waals surface area contributed by atoms with E-state index in [4.69, 9.17) is 12.2 Å². The summed E-state index contributed by atoms with van der Waals surface area (Å²) in [5, 5.41) is 19.5. The third-order valence-corrected chi connectivity index (χ3v) is 3.92. The predicted octanol–water partition coefficient (Wildman–Crippen LogP) is 4.15. The fraction of sp³-hybridized carbons (Fsp3) is 0. The molecule has 0 radical (unpaired) electrons. The molecule has 0 saturated heterocycles. The van der Waals surface area contributed by atoms with Crippen molar-refractivity contribution in [2.24, 2.45) is 5.10 Å². The van der Waals surface area contributed by atoms with Crippen molar-refractivity contribution in [1.29, 1.82) is 0 Å². The lowest BCUT2D eigenvalue weighted by Gasteiger charge is -2.08. The molecule has 0 aliphatic carbocycles. The lowest BCUT2D eigenvalue weighted by molar-refractivity contribution is 0.475. The summed E-state index contributed by atoms with van der Waals surface area (Å²) in [4.78, 5) is 0.879. The molecule has 4 nitrogen and oxygen atoms in total. The van der Waals surface area contributed by atoms with Crippen molar-refractivity contribution in [1.82, 2.24) is 5.43 Å². The maximum absolute atomic E-state index is 10.1. The molecule has 0 unspecified atom stereocenters. The van der Waals surface area contributed by atoms with Crippen molar-refractivity contribution in [2.75, 3.05) is 5.32 Å². The Hall–Kier alpha value is -2.57. The normalized spacial score (nSPS) is 10.9. The van der Waals surface area contributed by atoms with Gasteiger partial charge in [0.25, 0.3) is 0 Å². The highest BCUT2D eigenvalue weighted by atomic mass is 32.1. The highest BCUT2D eigenvalue weighted by molar-refractivity contribution is 7.80. The van der Waals surface area contributed by atoms with E-state index in [1.807, 2.05) is 54.6 Å². The maximum Gasteiger partial charge on any atom is 0.191 e. The van der Waals surface area contributed by atoms with Crippen molar-refractivity contribution in [3.8, 4) is 5.75 Å². The number of nitrogens with zero attached hydrogens (tertiary/aromatic N) is 1. The van der Waals surface area contributed by atoms with Crippen LogP contribution in [0.15, 0.2) is 70.7 Å². The molecule has 0 aliphatic rings. The molecule has 0 amide bonds. The number of thiol groups is 1. The van der Waals surface area contributed by atoms with Crippen LogP contribution >= 0.6 is 24.8 Å². The molecule has 0 aliphatic heterocycles. The molecule has 0 atom stereocenters. The average Bonchev–Trinajstić information content (AvgIpc) is 2.59. The Morgan fingerprint density at radius 2 is 1.79 bits per heavy atom. The maximum atomic E-state index is 10.1. The molecule has 0 bridgehead atoms. The first-order valence-corrected chi connectivity index (χ1v) is 8.09. The van der Waals surface area contributed by atoms with E-state index in [0.29, 0.717) is 10.7 Å². The van der Waals surface area contributed by atoms with Crippen LogP contribution < -0.4 is 10.7 Å². The molecule has 0 saturated carbocycles. The number of aromatic hydroxyl groups is 1. The zero-order valence-corrected chi connectivity index (χ0v) is 14.3. The van der Waals surface area contributed by atoms with Gasteiger partial charge in [-0.1, -0.05) is 30.3 Å². The molecule has 3 rings (SSSR count). The third-order valence-electron chi connectivity index (χ3n) is 3.43. The molecular formula is C18H15N3OS2. The van der Waals surface area contributed by atoms with Crippen molar-refractivity contribution < 1.29 is 5.11 Å². The van der Waals surface area contributed by atoms with Gasteiger partial charge in [0.1, 0.15) is 5.75 Å². The van der Waals surface area contributed by atoms with E-state index < -0.39 is 0 Å². The first-order valence-electron chi connectivity index (χ1n) is 7.23. The van der Waals surface area contributed by atoms with Crippen molar-refractivity contribution in [3.63, 3.8) is 0 Å². The van der Waals surface area contributed by atoms with E-state index in [1.165, 1.54) is 0 Å². The number of fused-ring (bicyclic) bond motifs is 1. The highest BCUT2D eigenvalue weighted by Gasteiger charge is 2.04. The molecule has 3 aromatic rings. The Labute approximate surface area is 150 Å². The first-order chi connectivity index (χ1) is 11.6. The summed E-state index contributed by atoms with van der Waals surface area (Å²) in [6.07, 6.45) is 1.56. The summed E-state index contributed by atoms with van der Waals surface area (Å²) in [7, 11) is 0. The minimum absolute atomic E-state index is 0.169. The number of phenols is 1. The predicted molar refractivity (Wildman–Crippen MR) is 106 cm³/mol. The summed E-state index contributed by atoms with van der Waals surface area (Å²) < 4.78 is 0. The van der Waals surface area contributed by atoms with Gasteiger partial charge in [0, 0.05) is 16.1 Å². The van der Waals surface area contributed by atoms with Crippen LogP contribution in [0.4, 0.5) is 5.69 Å². The van der Waals surface area contributed by atoms with Gasteiger partial charge in [-0.15, -0.1) is 12.6 Å². The van der Waals surface area contributed by atoms with Gasteiger partial charge >= 0.3 is 0 Å². The number of benzene rings is 3. The summed E-state index contributed by atoms with van der Waals surface area (Å²) in [6.45, 7) is 0. The molecule has 3 aromatic carbocycles. The Morgan fingerprint density at radius 1 is 1.04 bits per heavy atom. The first kappa shape index (κ1) is 16.3. The molecule has 3 N–H and O–H groups in total. The summed E-state index contributed by atoms with van der Waals surface area (Å²) in [5.74, 6) is 0.169. The van der Waals surface area contributed by atoms with E-state index >= 15 is 0 Å². The summed E-state index contributed by atoms with van der Waals surface area (Å²) in [6, 6.07) is 18.8. The van der Waals surface area contributed by atoms with Gasteiger partial charge in [0.15, 0.2) is 5.11 Å². The smallest absolute Gasteiger partial charge is 0.191 e. The highest BCUT2D eigenvalue weighted by Crippen LogP contribution is 2.25. The third kappa shape index (κ3) is 3.84. The average molecular weight is 353 g/mol. The van der Waals surface area contributed by atoms with E-state index in [0.717, 1.165) is 21.4 Å². The van der Waals surface area contributed by atoms with Crippen molar-refractivity contribution in [3.05, 3.63) is 66.2 Å². The van der Waals surface area contributed by atoms with Gasteiger partial charge in [-0.25, -0.2) is 0 Å². The molecule has 0 aromatic heterocycles. The standard InChI is InChI=1S/C18H15N3OS2/c22-17-10-5-12-3-1-2-4-15(12)16(17)11-19-21-18(24)20-13-6-8-14(23)9-7-13/h1-11,22-23H,(H2,20,21,24)/b19-11+. The molecular weight excluding hydrogens is 338 g/mol. The van der Waals surface area contributed by atoms with Crippen LogP contribution in [-0.2, 0) is 0 Å². The second-order valence-corrected chi connectivity index (χ2v) is 6.02. The number of hydrogen-bond acceptors (Lipinski definition) is 4. The lowest BCUT2D eigenvalue weighted by Crippen LogP contribution is -2.23. The van der Waals surface area contributed by atoms with Crippen LogP contribution in [0.25, 0.3) is 10.8 Å². The van der Waals surface area contributed by atoms with Gasteiger partial charge in [-0.3, -0.25) is 5.43 Å². The number of hydrogen-bond donors (Lipinski definition) is 4. The Bertz CT molecular complexity index is 908. The zero-order valence-electron chi connectivity index (χ0n) is 12.6. The largest absolute Gasteiger partial charge is 0.507 e. The van der Waals surface area contributed by atoms with Crippen LogP contribution in [0.2, 0.25) is 0 Å². The monoisotopic (exact) mass is 353 g/mol. The Balaban J connectivity index is 1.71. The Morgan fingerprint density at radius 3 is 2.58 bits per heavy atom. The number of phenolic OH excluding ortho intramolecular Hbond substituents is 1. The minimum atomic E-state index is 0.169. The second-order valence-electron chi connectivity index (χ2n) is 5.09. The minimum Gasteiger partial charge on any atom is -0.507 e. The number of rotatable bonds is 3. The van der Waals surface area contributed by atoms with Crippen LogP contribution in [0.5, 0.6) is 5.75 Å². The van der Waals surface area contributed by atoms with Crippen LogP contribution in [0.3, 0.4) is 0 Å². The fourth-order valence-corrected chi connectivity index (χ4v) is 2.60. The van der Waals surface area contributed by atoms with Crippen molar-refractivity contribution >= 4 is 52.6 Å². The van der Waals surface area contributed by atoms with Crippen LogP contribution in [0, 0.1) is 0 Å². The van der Waals surface area contributed by atoms with Gasteiger partial charge < -0.3 is 10.4 Å². The number of nitrogens with one attached hydrogen (secondary N) is 2. The van der Waals surface area contributed by atoms with Crippen LogP contribution in [0.1, 0.15) is 5.56 Å². The fourth-order valence-electron chi connectivity index (χ4n) is 2.28. The number of anilines is 1. The SMILES string of the molecule is Oc1ccc2ccccc2c1/C=N/NC(=S)Nc1ccc(S)cc1. The quantitative estimate of drug-likeness (QED) is 0.247. The van der Waals surface area contributed by atoms with E-state index in [9.17, 15) is 5.11 Å². The molecule has 0 fully saturated rings. The van der Waals surface area contributed by atoms with Gasteiger partial charge in [0.05, 0.1) is 6.21 Å². The van der Waals surface area contributed by atoms with Crippen molar-refractivity contribution in [2.45, 2.75) is 4.90 Å². The summed E-state index contributed by atoms with van der Waals surface area (Å²) >= 11 is 9.43. The van der Waals surface area contributed by atoms with E-state index in [-0.39, 0.29) is 5.75 Å². The number of hydrazone groups is 1. The number of thiocarbonyl (C=S) groups is 1. The lowest BCUT2D eigenvalue weighted by atomic mass is 10.0. The van der Waals surface area contributed by atoms with E-state index in [2.05, 4.69) is 28.5 Å². The van der Waals surface area contributed by atoms with Gasteiger partial charge in [-0.05, 0) is 53.3 Å². The summed E-state index contributed by atoms with van der Waals surface area (Å²) in [5.41, 5.74) is 4.23. The molecule has 24 heavy (non-hydrogen) atoms.